The van der Waals surface area contributed by atoms with Gasteiger partial charge in [-0.1, -0.05) is 66.2 Å². The lowest BCUT2D eigenvalue weighted by molar-refractivity contribution is -0.0281. The Kier molecular flexibility index (Phi) is 12.4. The molecule has 0 aromatic carbocycles. The van der Waals surface area contributed by atoms with Crippen LogP contribution in [0.3, 0.4) is 0 Å². The van der Waals surface area contributed by atoms with E-state index < -0.39 is 0 Å². The summed E-state index contributed by atoms with van der Waals surface area (Å²) >= 11 is 0. The lowest BCUT2D eigenvalue weighted by atomic mass is 10.1. The van der Waals surface area contributed by atoms with E-state index in [-0.39, 0.29) is 0 Å². The minimum atomic E-state index is 0.509. The maximum absolute atomic E-state index is 6.29. The molecule has 0 aromatic rings. The zero-order valence-corrected chi connectivity index (χ0v) is 12.6. The van der Waals surface area contributed by atoms with Gasteiger partial charge in [0.05, 0.1) is 12.2 Å². The number of ether oxygens (including phenoxy) is 1. The van der Waals surface area contributed by atoms with Crippen molar-refractivity contribution >= 4 is 0 Å². The monoisotopic (exact) mass is 242 g/mol. The van der Waals surface area contributed by atoms with Crippen LogP contribution in [0.25, 0.3) is 0 Å². The molecule has 0 aliphatic heterocycles. The summed E-state index contributed by atoms with van der Waals surface area (Å²) < 4.78 is 6.29. The van der Waals surface area contributed by atoms with Crippen molar-refractivity contribution in [3.05, 3.63) is 0 Å². The van der Waals surface area contributed by atoms with E-state index in [1.165, 1.54) is 64.2 Å². The molecular formula is C16H34O. The van der Waals surface area contributed by atoms with Crippen molar-refractivity contribution in [2.24, 2.45) is 0 Å². The van der Waals surface area contributed by atoms with Crippen LogP contribution < -0.4 is 0 Å². The Balaban J connectivity index is 3.89. The fourth-order valence-corrected chi connectivity index (χ4v) is 2.30. The summed E-state index contributed by atoms with van der Waals surface area (Å²) in [5, 5.41) is 0. The lowest BCUT2D eigenvalue weighted by Crippen LogP contribution is -2.22. The highest BCUT2D eigenvalue weighted by Crippen LogP contribution is 2.18. The third-order valence-electron chi connectivity index (χ3n) is 3.46. The molecule has 0 heterocycles. The predicted octanol–water partition coefficient (Wildman–Crippen LogP) is 5.72. The molecule has 0 rings (SSSR count). The minimum Gasteiger partial charge on any atom is -0.375 e. The van der Waals surface area contributed by atoms with Crippen LogP contribution in [0.2, 0.25) is 0 Å². The molecule has 17 heavy (non-hydrogen) atoms. The quantitative estimate of drug-likeness (QED) is 0.398. The maximum atomic E-state index is 6.29. The molecule has 0 unspecified atom stereocenters. The van der Waals surface area contributed by atoms with Gasteiger partial charge in [-0.2, -0.15) is 0 Å². The normalized spacial score (nSPS) is 14.8. The van der Waals surface area contributed by atoms with Crippen molar-refractivity contribution in [1.29, 1.82) is 0 Å². The van der Waals surface area contributed by atoms with Gasteiger partial charge in [-0.3, -0.25) is 0 Å². The molecular weight excluding hydrogens is 208 g/mol. The molecule has 0 aliphatic carbocycles. The fourth-order valence-electron chi connectivity index (χ4n) is 2.30. The van der Waals surface area contributed by atoms with E-state index in [1.807, 2.05) is 0 Å². The van der Waals surface area contributed by atoms with E-state index in [4.69, 9.17) is 4.74 Å². The highest BCUT2D eigenvalue weighted by atomic mass is 16.5. The number of rotatable bonds is 12. The summed E-state index contributed by atoms with van der Waals surface area (Å²) in [6.07, 6.45) is 13.8. The van der Waals surface area contributed by atoms with Gasteiger partial charge in [-0.25, -0.2) is 0 Å². The molecule has 0 N–H and O–H groups in total. The number of hydrogen-bond donors (Lipinski definition) is 0. The molecule has 1 nitrogen and oxygen atoms in total. The van der Waals surface area contributed by atoms with E-state index in [1.54, 1.807) is 0 Å². The smallest absolute Gasteiger partial charge is 0.0578 e. The second-order valence-electron chi connectivity index (χ2n) is 5.22. The molecule has 0 aliphatic rings. The van der Waals surface area contributed by atoms with Crippen LogP contribution in [-0.2, 0) is 4.74 Å². The first-order valence-corrected chi connectivity index (χ1v) is 7.93. The summed E-state index contributed by atoms with van der Waals surface area (Å²) in [6, 6.07) is 0. The molecule has 2 atom stereocenters. The molecule has 0 aromatic heterocycles. The minimum absolute atomic E-state index is 0.509. The van der Waals surface area contributed by atoms with Gasteiger partial charge >= 0.3 is 0 Å². The Hall–Kier alpha value is -0.0400. The Bertz CT molecular complexity index is 144. The SMILES string of the molecule is CCCCC[C@H](CC)O[C@@H](CCC)CCCC. The molecule has 0 spiro atoms. The third kappa shape index (κ3) is 9.64. The molecule has 1 heteroatoms. The fraction of sp³-hybridized carbons (Fsp3) is 1.00. The van der Waals surface area contributed by atoms with E-state index in [2.05, 4.69) is 27.7 Å². The average molecular weight is 242 g/mol. The summed E-state index contributed by atoms with van der Waals surface area (Å²) in [7, 11) is 0. The Morgan fingerprint density at radius 3 is 1.82 bits per heavy atom. The van der Waals surface area contributed by atoms with Gasteiger partial charge in [0.25, 0.3) is 0 Å². The van der Waals surface area contributed by atoms with Gasteiger partial charge in [-0.15, -0.1) is 0 Å². The van der Waals surface area contributed by atoms with Crippen molar-refractivity contribution in [1.82, 2.24) is 0 Å². The zero-order valence-electron chi connectivity index (χ0n) is 12.6. The van der Waals surface area contributed by atoms with Crippen LogP contribution in [0.1, 0.15) is 91.9 Å². The number of hydrogen-bond acceptors (Lipinski definition) is 1. The molecule has 0 bridgehead atoms. The van der Waals surface area contributed by atoms with E-state index in [0.717, 1.165) is 0 Å². The van der Waals surface area contributed by atoms with Gasteiger partial charge in [0.15, 0.2) is 0 Å². The van der Waals surface area contributed by atoms with Crippen LogP contribution in [0.15, 0.2) is 0 Å². The summed E-state index contributed by atoms with van der Waals surface area (Å²) in [5.74, 6) is 0. The van der Waals surface area contributed by atoms with Crippen molar-refractivity contribution < 1.29 is 4.74 Å². The Morgan fingerprint density at radius 2 is 1.29 bits per heavy atom. The molecule has 0 saturated heterocycles. The average Bonchev–Trinajstić information content (AvgIpc) is 2.35. The first kappa shape index (κ1) is 17.0. The van der Waals surface area contributed by atoms with Gasteiger partial charge < -0.3 is 4.74 Å². The second kappa shape index (κ2) is 12.4. The van der Waals surface area contributed by atoms with Gasteiger partial charge in [0, 0.05) is 0 Å². The van der Waals surface area contributed by atoms with Crippen molar-refractivity contribution in [3.63, 3.8) is 0 Å². The number of unbranched alkanes of at least 4 members (excludes halogenated alkanes) is 3. The van der Waals surface area contributed by atoms with Crippen molar-refractivity contribution in [3.8, 4) is 0 Å². The van der Waals surface area contributed by atoms with E-state index in [9.17, 15) is 0 Å². The standard InChI is InChI=1S/C16H34O/c1-5-9-11-14-15(8-4)17-16(12-7-3)13-10-6-2/h15-16H,5-14H2,1-4H3/t15-,16-/m0/s1. The Morgan fingerprint density at radius 1 is 0.647 bits per heavy atom. The van der Waals surface area contributed by atoms with Crippen molar-refractivity contribution in [2.75, 3.05) is 0 Å². The van der Waals surface area contributed by atoms with Gasteiger partial charge in [-0.05, 0) is 25.7 Å². The largest absolute Gasteiger partial charge is 0.375 e. The van der Waals surface area contributed by atoms with Crippen LogP contribution in [0.5, 0.6) is 0 Å². The molecule has 104 valence electrons. The molecule has 0 radical (unpaired) electrons. The van der Waals surface area contributed by atoms with Crippen LogP contribution >= 0.6 is 0 Å². The first-order chi connectivity index (χ1) is 8.28. The predicted molar refractivity (Wildman–Crippen MR) is 77.5 cm³/mol. The highest BCUT2D eigenvalue weighted by molar-refractivity contribution is 4.63. The lowest BCUT2D eigenvalue weighted by Gasteiger charge is -2.24. The van der Waals surface area contributed by atoms with Gasteiger partial charge in [0.1, 0.15) is 0 Å². The third-order valence-corrected chi connectivity index (χ3v) is 3.46. The summed E-state index contributed by atoms with van der Waals surface area (Å²) in [6.45, 7) is 9.06. The van der Waals surface area contributed by atoms with Crippen LogP contribution in [-0.4, -0.2) is 12.2 Å². The first-order valence-electron chi connectivity index (χ1n) is 7.93. The maximum Gasteiger partial charge on any atom is 0.0578 e. The topological polar surface area (TPSA) is 9.23 Å². The van der Waals surface area contributed by atoms with Crippen molar-refractivity contribution in [2.45, 2.75) is 104 Å². The summed E-state index contributed by atoms with van der Waals surface area (Å²) in [5.41, 5.74) is 0. The van der Waals surface area contributed by atoms with E-state index >= 15 is 0 Å². The molecule has 0 amide bonds. The molecule has 0 saturated carbocycles. The summed E-state index contributed by atoms with van der Waals surface area (Å²) in [4.78, 5) is 0. The Labute approximate surface area is 109 Å². The molecule has 0 fully saturated rings. The second-order valence-corrected chi connectivity index (χ2v) is 5.22. The van der Waals surface area contributed by atoms with Crippen LogP contribution in [0, 0.1) is 0 Å². The van der Waals surface area contributed by atoms with Crippen LogP contribution in [0.4, 0.5) is 0 Å². The highest BCUT2D eigenvalue weighted by Gasteiger charge is 2.14. The van der Waals surface area contributed by atoms with E-state index in [0.29, 0.717) is 12.2 Å². The van der Waals surface area contributed by atoms with Gasteiger partial charge in [0.2, 0.25) is 0 Å². The zero-order chi connectivity index (χ0) is 12.9.